The van der Waals surface area contributed by atoms with Crippen molar-refractivity contribution < 1.29 is 19.0 Å². The molecule has 0 amide bonds. The average molecular weight is 301 g/mol. The molecule has 2 rings (SSSR count). The van der Waals surface area contributed by atoms with E-state index in [0.29, 0.717) is 12.2 Å². The van der Waals surface area contributed by atoms with Crippen LogP contribution in [-0.2, 0) is 16.0 Å². The Labute approximate surface area is 108 Å². The molecular formula is C12H13BrO4. The molecule has 5 heteroatoms. The molecular weight excluding hydrogens is 288 g/mol. The molecule has 1 aromatic rings. The van der Waals surface area contributed by atoms with E-state index in [1.807, 2.05) is 12.1 Å². The minimum Gasteiger partial charge on any atom is -0.493 e. The van der Waals surface area contributed by atoms with E-state index in [0.717, 1.165) is 15.8 Å². The number of methoxy groups -OCH3 is 2. The number of rotatable bonds is 3. The molecule has 0 aliphatic carbocycles. The van der Waals surface area contributed by atoms with Crippen LogP contribution in [0.25, 0.3) is 0 Å². The zero-order valence-corrected chi connectivity index (χ0v) is 11.2. The monoisotopic (exact) mass is 300 g/mol. The molecule has 17 heavy (non-hydrogen) atoms. The minimum absolute atomic E-state index is 0.176. The summed E-state index contributed by atoms with van der Waals surface area (Å²) in [5.41, 5.74) is 1.04. The van der Waals surface area contributed by atoms with Crippen LogP contribution in [0.4, 0.5) is 0 Å². The summed E-state index contributed by atoms with van der Waals surface area (Å²) in [6, 6.07) is 3.75. The van der Waals surface area contributed by atoms with Gasteiger partial charge in [0.2, 0.25) is 0 Å². The van der Waals surface area contributed by atoms with Gasteiger partial charge in [-0.25, -0.2) is 0 Å². The van der Waals surface area contributed by atoms with Crippen LogP contribution in [0.1, 0.15) is 12.0 Å². The maximum atomic E-state index is 11.2. The van der Waals surface area contributed by atoms with E-state index in [1.54, 1.807) is 7.11 Å². The van der Waals surface area contributed by atoms with Crippen LogP contribution in [0.3, 0.4) is 0 Å². The highest BCUT2D eigenvalue weighted by molar-refractivity contribution is 9.10. The van der Waals surface area contributed by atoms with Crippen molar-refractivity contribution in [1.82, 2.24) is 0 Å². The molecule has 0 spiro atoms. The summed E-state index contributed by atoms with van der Waals surface area (Å²) >= 11 is 3.47. The number of hydrogen-bond donors (Lipinski definition) is 0. The van der Waals surface area contributed by atoms with E-state index in [9.17, 15) is 4.79 Å². The van der Waals surface area contributed by atoms with Gasteiger partial charge in [0.1, 0.15) is 6.10 Å². The second-order valence-corrected chi connectivity index (χ2v) is 4.64. The number of halogens is 1. The van der Waals surface area contributed by atoms with Crippen LogP contribution < -0.4 is 9.47 Å². The lowest BCUT2D eigenvalue weighted by atomic mass is 10.1. The highest BCUT2D eigenvalue weighted by Gasteiger charge is 2.29. The smallest absolute Gasteiger partial charge is 0.309 e. The Morgan fingerprint density at radius 1 is 1.53 bits per heavy atom. The molecule has 1 aromatic carbocycles. The van der Waals surface area contributed by atoms with E-state index in [2.05, 4.69) is 20.7 Å². The van der Waals surface area contributed by atoms with Crippen molar-refractivity contribution in [2.75, 3.05) is 14.2 Å². The summed E-state index contributed by atoms with van der Waals surface area (Å²) in [4.78, 5) is 11.2. The van der Waals surface area contributed by atoms with E-state index in [1.165, 1.54) is 7.11 Å². The number of carbonyl (C=O) groups is 1. The fourth-order valence-electron chi connectivity index (χ4n) is 1.88. The molecule has 1 atom stereocenters. The molecule has 0 radical (unpaired) electrons. The van der Waals surface area contributed by atoms with Gasteiger partial charge in [-0.05, 0) is 12.1 Å². The molecule has 1 heterocycles. The third-order valence-corrected chi connectivity index (χ3v) is 3.47. The van der Waals surface area contributed by atoms with Crippen LogP contribution >= 0.6 is 15.9 Å². The van der Waals surface area contributed by atoms with Gasteiger partial charge in [-0.2, -0.15) is 0 Å². The van der Waals surface area contributed by atoms with Crippen molar-refractivity contribution in [2.45, 2.75) is 18.9 Å². The second-order valence-electron chi connectivity index (χ2n) is 3.78. The van der Waals surface area contributed by atoms with Crippen LogP contribution in [0.5, 0.6) is 11.5 Å². The lowest BCUT2D eigenvalue weighted by Gasteiger charge is -2.10. The maximum absolute atomic E-state index is 11.2. The number of esters is 1. The molecule has 1 aliphatic heterocycles. The van der Waals surface area contributed by atoms with Gasteiger partial charge in [0, 0.05) is 16.5 Å². The van der Waals surface area contributed by atoms with Gasteiger partial charge in [-0.3, -0.25) is 4.79 Å². The predicted molar refractivity (Wildman–Crippen MR) is 65.4 cm³/mol. The van der Waals surface area contributed by atoms with Crippen molar-refractivity contribution in [1.29, 1.82) is 0 Å². The highest BCUT2D eigenvalue weighted by Crippen LogP contribution is 2.42. The number of carbonyl (C=O) groups excluding carboxylic acids is 1. The minimum atomic E-state index is -0.266. The van der Waals surface area contributed by atoms with E-state index < -0.39 is 0 Å². The highest BCUT2D eigenvalue weighted by atomic mass is 79.9. The topological polar surface area (TPSA) is 44.8 Å². The molecule has 0 fully saturated rings. The van der Waals surface area contributed by atoms with Crippen LogP contribution in [-0.4, -0.2) is 26.3 Å². The Hall–Kier alpha value is -1.23. The lowest BCUT2D eigenvalue weighted by molar-refractivity contribution is -0.142. The normalized spacial score (nSPS) is 17.2. The summed E-state index contributed by atoms with van der Waals surface area (Å²) in [6.07, 6.45) is 0.758. The molecule has 1 aliphatic rings. The first kappa shape index (κ1) is 12.2. The molecule has 4 nitrogen and oxygen atoms in total. The second kappa shape index (κ2) is 4.96. The summed E-state index contributed by atoms with van der Waals surface area (Å²) in [6.45, 7) is 0. The zero-order valence-electron chi connectivity index (χ0n) is 9.66. The fraction of sp³-hybridized carbons (Fsp3) is 0.417. The first-order chi connectivity index (χ1) is 8.15. The van der Waals surface area contributed by atoms with Crippen LogP contribution in [0.15, 0.2) is 16.6 Å². The van der Waals surface area contributed by atoms with Gasteiger partial charge in [-0.15, -0.1) is 0 Å². The Kier molecular flexibility index (Phi) is 3.57. The van der Waals surface area contributed by atoms with Crippen LogP contribution in [0, 0.1) is 0 Å². The number of hydrogen-bond acceptors (Lipinski definition) is 4. The van der Waals surface area contributed by atoms with Gasteiger partial charge in [0.15, 0.2) is 11.5 Å². The molecule has 92 valence electrons. The number of benzene rings is 1. The number of fused-ring (bicyclic) bond motifs is 1. The first-order valence-electron chi connectivity index (χ1n) is 5.24. The first-order valence-corrected chi connectivity index (χ1v) is 6.03. The standard InChI is InChI=1S/C12H13BrO4/c1-15-10-4-3-9(13)8-5-7(17-12(8)10)6-11(14)16-2/h3-4,7H,5-6H2,1-2H3. The quantitative estimate of drug-likeness (QED) is 0.804. The number of ether oxygens (including phenoxy) is 3. The molecule has 1 unspecified atom stereocenters. The van der Waals surface area contributed by atoms with Gasteiger partial charge in [0.05, 0.1) is 20.6 Å². The lowest BCUT2D eigenvalue weighted by Crippen LogP contribution is -2.19. The van der Waals surface area contributed by atoms with E-state index >= 15 is 0 Å². The predicted octanol–water partition coefficient (Wildman–Crippen LogP) is 2.32. The summed E-state index contributed by atoms with van der Waals surface area (Å²) in [7, 11) is 2.97. The Balaban J connectivity index is 2.20. The largest absolute Gasteiger partial charge is 0.493 e. The van der Waals surface area contributed by atoms with Gasteiger partial charge in [-0.1, -0.05) is 15.9 Å². The summed E-state index contributed by atoms with van der Waals surface area (Å²) in [5.74, 6) is 1.14. The third kappa shape index (κ3) is 2.39. The molecule has 0 bridgehead atoms. The zero-order chi connectivity index (χ0) is 12.4. The molecule has 0 saturated carbocycles. The van der Waals surface area contributed by atoms with Crippen molar-refractivity contribution in [3.63, 3.8) is 0 Å². The van der Waals surface area contributed by atoms with E-state index in [4.69, 9.17) is 9.47 Å². The van der Waals surface area contributed by atoms with Gasteiger partial charge in [0.25, 0.3) is 0 Å². The van der Waals surface area contributed by atoms with Gasteiger partial charge < -0.3 is 14.2 Å². The third-order valence-electron chi connectivity index (χ3n) is 2.73. The van der Waals surface area contributed by atoms with Crippen molar-refractivity contribution in [2.24, 2.45) is 0 Å². The Morgan fingerprint density at radius 3 is 2.94 bits per heavy atom. The fourth-order valence-corrected chi connectivity index (χ4v) is 2.36. The van der Waals surface area contributed by atoms with Crippen molar-refractivity contribution in [3.8, 4) is 11.5 Å². The average Bonchev–Trinajstić information content (AvgIpc) is 2.74. The SMILES string of the molecule is COC(=O)CC1Cc2c(Br)ccc(OC)c2O1. The Bertz CT molecular complexity index is 444. The van der Waals surface area contributed by atoms with Crippen molar-refractivity contribution in [3.05, 3.63) is 22.2 Å². The van der Waals surface area contributed by atoms with Crippen molar-refractivity contribution >= 4 is 21.9 Å². The van der Waals surface area contributed by atoms with Crippen LogP contribution in [0.2, 0.25) is 0 Å². The molecule has 0 N–H and O–H groups in total. The van der Waals surface area contributed by atoms with E-state index in [-0.39, 0.29) is 18.5 Å². The molecule has 0 saturated heterocycles. The molecule has 0 aromatic heterocycles. The Morgan fingerprint density at radius 2 is 2.29 bits per heavy atom. The van der Waals surface area contributed by atoms with Gasteiger partial charge >= 0.3 is 5.97 Å². The summed E-state index contributed by atoms with van der Waals surface area (Å²) in [5, 5.41) is 0. The summed E-state index contributed by atoms with van der Waals surface area (Å²) < 4.78 is 16.6. The maximum Gasteiger partial charge on any atom is 0.309 e.